The zero-order valence-corrected chi connectivity index (χ0v) is 13.8. The maximum Gasteiger partial charge on any atom is 0.265 e. The van der Waals surface area contributed by atoms with Crippen LogP contribution in [0, 0.1) is 11.8 Å². The summed E-state index contributed by atoms with van der Waals surface area (Å²) in [4.78, 5) is 15.3. The lowest BCUT2D eigenvalue weighted by Gasteiger charge is -2.20. The number of nitrogens with one attached hydrogen (secondary N) is 1. The van der Waals surface area contributed by atoms with Crippen molar-refractivity contribution < 1.29 is 4.79 Å². The van der Waals surface area contributed by atoms with E-state index in [0.29, 0.717) is 0 Å². The summed E-state index contributed by atoms with van der Waals surface area (Å²) in [5.41, 5.74) is 0. The Labute approximate surface area is 132 Å². The molecule has 0 saturated carbocycles. The van der Waals surface area contributed by atoms with Gasteiger partial charge in [0, 0.05) is 17.6 Å². The van der Waals surface area contributed by atoms with Gasteiger partial charge in [-0.15, -0.1) is 23.7 Å². The molecule has 106 valence electrons. The molecule has 2 fully saturated rings. The van der Waals surface area contributed by atoms with Crippen LogP contribution in [-0.2, 0) is 0 Å². The van der Waals surface area contributed by atoms with Gasteiger partial charge in [-0.3, -0.25) is 4.79 Å². The summed E-state index contributed by atoms with van der Waals surface area (Å²) >= 11 is 4.98. The summed E-state index contributed by atoms with van der Waals surface area (Å²) in [6.07, 6.45) is 2.29. The third-order valence-corrected chi connectivity index (χ3v) is 5.94. The lowest BCUT2D eigenvalue weighted by molar-refractivity contribution is 0.0762. The van der Waals surface area contributed by atoms with Crippen LogP contribution in [0.25, 0.3) is 0 Å². The number of likely N-dealkylation sites (tertiary alicyclic amines) is 1. The molecule has 1 aromatic rings. The largest absolute Gasteiger partial charge is 0.338 e. The molecule has 0 aromatic carbocycles. The molecule has 0 bridgehead atoms. The molecule has 19 heavy (non-hydrogen) atoms. The van der Waals surface area contributed by atoms with Crippen molar-refractivity contribution in [2.45, 2.75) is 12.8 Å². The second kappa shape index (κ2) is 6.57. The van der Waals surface area contributed by atoms with Gasteiger partial charge in [0.25, 0.3) is 5.91 Å². The SMILES string of the molecule is Cl.O=C(c1sccc1Br)N1CC[C@@H]2CNC[C@@H]2CC1. The van der Waals surface area contributed by atoms with Crippen LogP contribution in [0.2, 0.25) is 0 Å². The van der Waals surface area contributed by atoms with Crippen LogP contribution in [0.1, 0.15) is 22.5 Å². The van der Waals surface area contributed by atoms with Crippen molar-refractivity contribution in [2.75, 3.05) is 26.2 Å². The van der Waals surface area contributed by atoms with Crippen LogP contribution >= 0.6 is 39.7 Å². The molecule has 1 N–H and O–H groups in total. The van der Waals surface area contributed by atoms with Crippen LogP contribution in [0.4, 0.5) is 0 Å². The summed E-state index contributed by atoms with van der Waals surface area (Å²) in [7, 11) is 0. The molecule has 0 radical (unpaired) electrons. The normalized spacial score (nSPS) is 26.5. The van der Waals surface area contributed by atoms with Crippen LogP contribution in [0.3, 0.4) is 0 Å². The lowest BCUT2D eigenvalue weighted by atomic mass is 9.92. The van der Waals surface area contributed by atoms with Crippen LogP contribution in [0.5, 0.6) is 0 Å². The minimum atomic E-state index is 0. The summed E-state index contributed by atoms with van der Waals surface area (Å²) < 4.78 is 0.934. The molecular weight excluding hydrogens is 348 g/mol. The number of rotatable bonds is 1. The average molecular weight is 366 g/mol. The second-order valence-electron chi connectivity index (χ2n) is 5.15. The van der Waals surface area contributed by atoms with Crippen LogP contribution in [0.15, 0.2) is 15.9 Å². The molecule has 3 nitrogen and oxygen atoms in total. The van der Waals surface area contributed by atoms with Crippen molar-refractivity contribution in [1.29, 1.82) is 0 Å². The third kappa shape index (κ3) is 3.15. The Kier molecular flexibility index (Phi) is 5.29. The fourth-order valence-electron chi connectivity index (χ4n) is 3.01. The third-order valence-electron chi connectivity index (χ3n) is 4.12. The van der Waals surface area contributed by atoms with E-state index in [1.54, 1.807) is 0 Å². The van der Waals surface area contributed by atoms with Crippen molar-refractivity contribution in [3.63, 3.8) is 0 Å². The lowest BCUT2D eigenvalue weighted by Crippen LogP contribution is -2.32. The zero-order chi connectivity index (χ0) is 12.5. The van der Waals surface area contributed by atoms with Crippen LogP contribution in [-0.4, -0.2) is 37.0 Å². The molecule has 2 atom stereocenters. The van der Waals surface area contributed by atoms with Gasteiger partial charge in [0.05, 0.1) is 0 Å². The standard InChI is InChI=1S/C13H17BrN2OS.ClH/c14-11-3-6-18-12(11)13(17)16-4-1-9-7-15-8-10(9)2-5-16;/h3,6,9-10,15H,1-2,4-5,7-8H2;1H/t9-,10+;. The first kappa shape index (κ1) is 15.3. The van der Waals surface area contributed by atoms with E-state index >= 15 is 0 Å². The molecule has 3 heterocycles. The molecule has 1 aromatic heterocycles. The number of nitrogens with zero attached hydrogens (tertiary/aromatic N) is 1. The fraction of sp³-hybridized carbons (Fsp3) is 0.615. The summed E-state index contributed by atoms with van der Waals surface area (Å²) in [6, 6.07) is 1.95. The zero-order valence-electron chi connectivity index (χ0n) is 10.6. The van der Waals surface area contributed by atoms with Gasteiger partial charge >= 0.3 is 0 Å². The Balaban J connectivity index is 0.00000133. The summed E-state index contributed by atoms with van der Waals surface area (Å²) in [5, 5.41) is 5.43. The number of hydrogen-bond acceptors (Lipinski definition) is 3. The number of halogens is 2. The Morgan fingerprint density at radius 2 is 1.95 bits per heavy atom. The predicted octanol–water partition coefficient (Wildman–Crippen LogP) is 3.00. The number of amides is 1. The Morgan fingerprint density at radius 3 is 2.47 bits per heavy atom. The molecule has 2 saturated heterocycles. The number of hydrogen-bond donors (Lipinski definition) is 1. The van der Waals surface area contributed by atoms with E-state index in [1.165, 1.54) is 11.3 Å². The highest BCUT2D eigenvalue weighted by atomic mass is 79.9. The number of thiophene rings is 1. The van der Waals surface area contributed by atoms with Crippen molar-refractivity contribution in [2.24, 2.45) is 11.8 Å². The minimum absolute atomic E-state index is 0. The predicted molar refractivity (Wildman–Crippen MR) is 84.3 cm³/mol. The molecule has 6 heteroatoms. The summed E-state index contributed by atoms with van der Waals surface area (Å²) in [5.74, 6) is 1.74. The van der Waals surface area contributed by atoms with E-state index in [1.807, 2.05) is 16.3 Å². The number of carbonyl (C=O) groups is 1. The molecule has 1 amide bonds. The summed E-state index contributed by atoms with van der Waals surface area (Å²) in [6.45, 7) is 4.09. The van der Waals surface area contributed by atoms with Gasteiger partial charge in [0.2, 0.25) is 0 Å². The van der Waals surface area contributed by atoms with Gasteiger partial charge < -0.3 is 10.2 Å². The molecule has 3 rings (SSSR count). The van der Waals surface area contributed by atoms with Gasteiger partial charge in [-0.2, -0.15) is 0 Å². The van der Waals surface area contributed by atoms with E-state index in [-0.39, 0.29) is 18.3 Å². The molecule has 0 aliphatic carbocycles. The maximum atomic E-state index is 12.4. The minimum Gasteiger partial charge on any atom is -0.338 e. The number of fused-ring (bicyclic) bond motifs is 1. The van der Waals surface area contributed by atoms with Gasteiger partial charge in [-0.1, -0.05) is 0 Å². The fourth-order valence-corrected chi connectivity index (χ4v) is 4.52. The smallest absolute Gasteiger partial charge is 0.265 e. The first-order valence-corrected chi connectivity index (χ1v) is 8.16. The molecule has 2 aliphatic rings. The molecule has 0 spiro atoms. The van der Waals surface area contributed by atoms with E-state index in [9.17, 15) is 4.79 Å². The van der Waals surface area contributed by atoms with E-state index in [0.717, 1.165) is 60.2 Å². The topological polar surface area (TPSA) is 32.3 Å². The van der Waals surface area contributed by atoms with Gasteiger partial charge in [-0.05, 0) is 65.1 Å². The van der Waals surface area contributed by atoms with Gasteiger partial charge in [0.15, 0.2) is 0 Å². The van der Waals surface area contributed by atoms with Crippen molar-refractivity contribution in [3.05, 3.63) is 20.8 Å². The van der Waals surface area contributed by atoms with Crippen LogP contribution < -0.4 is 5.32 Å². The monoisotopic (exact) mass is 364 g/mol. The second-order valence-corrected chi connectivity index (χ2v) is 6.92. The highest BCUT2D eigenvalue weighted by Gasteiger charge is 2.32. The van der Waals surface area contributed by atoms with Crippen molar-refractivity contribution in [1.82, 2.24) is 10.2 Å². The molecule has 2 aliphatic heterocycles. The molecular formula is C13H18BrClN2OS. The highest BCUT2D eigenvalue weighted by Crippen LogP contribution is 2.29. The Morgan fingerprint density at radius 1 is 1.32 bits per heavy atom. The van der Waals surface area contributed by atoms with E-state index < -0.39 is 0 Å². The van der Waals surface area contributed by atoms with Gasteiger partial charge in [0.1, 0.15) is 4.88 Å². The van der Waals surface area contributed by atoms with E-state index in [4.69, 9.17) is 0 Å². The molecule has 0 unspecified atom stereocenters. The quantitative estimate of drug-likeness (QED) is 0.830. The Bertz CT molecular complexity index is 440. The first-order valence-electron chi connectivity index (χ1n) is 6.48. The average Bonchev–Trinajstić information content (AvgIpc) is 2.94. The van der Waals surface area contributed by atoms with Crippen molar-refractivity contribution >= 4 is 45.6 Å². The van der Waals surface area contributed by atoms with E-state index in [2.05, 4.69) is 21.2 Å². The Hall–Kier alpha value is -0.100. The maximum absolute atomic E-state index is 12.4. The first-order chi connectivity index (χ1) is 8.75. The van der Waals surface area contributed by atoms with Crippen molar-refractivity contribution in [3.8, 4) is 0 Å². The van der Waals surface area contributed by atoms with Gasteiger partial charge in [-0.25, -0.2) is 0 Å². The number of carbonyl (C=O) groups excluding carboxylic acids is 1. The highest BCUT2D eigenvalue weighted by molar-refractivity contribution is 9.10.